The van der Waals surface area contributed by atoms with Crippen LogP contribution < -0.4 is 4.90 Å². The van der Waals surface area contributed by atoms with Gasteiger partial charge in [-0.05, 0) is 43.0 Å². The standard InChI is InChI=1S/C23H22N4/c1-17-8-7-11-19(14-17)27-15-20(18-9-3-2-4-10-18)21-22(24-16-25-23(21)27)26-12-5-6-13-26/h2-4,7-11,14-16H,5-6,12-13H2,1H3. The highest BCUT2D eigenvalue weighted by Gasteiger charge is 2.22. The third-order valence-corrected chi connectivity index (χ3v) is 5.33. The van der Waals surface area contributed by atoms with Crippen LogP contribution in [0.5, 0.6) is 0 Å². The molecule has 0 spiro atoms. The van der Waals surface area contributed by atoms with Gasteiger partial charge in [0, 0.05) is 30.5 Å². The minimum atomic E-state index is 0.969. The minimum Gasteiger partial charge on any atom is -0.356 e. The van der Waals surface area contributed by atoms with Crippen molar-refractivity contribution in [2.24, 2.45) is 0 Å². The fraction of sp³-hybridized carbons (Fsp3) is 0.217. The summed E-state index contributed by atoms with van der Waals surface area (Å²) in [7, 11) is 0. The van der Waals surface area contributed by atoms with Crippen LogP contribution in [0, 0.1) is 6.92 Å². The van der Waals surface area contributed by atoms with Gasteiger partial charge in [-0.15, -0.1) is 0 Å². The molecule has 2 aromatic carbocycles. The van der Waals surface area contributed by atoms with E-state index in [4.69, 9.17) is 9.97 Å². The van der Waals surface area contributed by atoms with Crippen LogP contribution in [0.2, 0.25) is 0 Å². The summed E-state index contributed by atoms with van der Waals surface area (Å²) >= 11 is 0. The van der Waals surface area contributed by atoms with E-state index in [-0.39, 0.29) is 0 Å². The lowest BCUT2D eigenvalue weighted by Gasteiger charge is -2.17. The Labute approximate surface area is 159 Å². The first-order valence-corrected chi connectivity index (χ1v) is 9.55. The average molecular weight is 354 g/mol. The Balaban J connectivity index is 1.81. The van der Waals surface area contributed by atoms with Crippen molar-refractivity contribution < 1.29 is 0 Å². The van der Waals surface area contributed by atoms with Gasteiger partial charge in [0.2, 0.25) is 0 Å². The molecule has 4 heteroatoms. The predicted octanol–water partition coefficient (Wildman–Crippen LogP) is 5.00. The SMILES string of the molecule is Cc1cccc(-n2cc(-c3ccccc3)c3c(N4CCCC4)ncnc32)c1. The van der Waals surface area contributed by atoms with Crippen molar-refractivity contribution in [2.75, 3.05) is 18.0 Å². The summed E-state index contributed by atoms with van der Waals surface area (Å²) in [6, 6.07) is 19.1. The average Bonchev–Trinajstić information content (AvgIpc) is 3.37. The number of rotatable bonds is 3. The summed E-state index contributed by atoms with van der Waals surface area (Å²) in [5, 5.41) is 1.15. The van der Waals surface area contributed by atoms with Crippen LogP contribution in [0.4, 0.5) is 5.82 Å². The molecule has 0 radical (unpaired) electrons. The van der Waals surface area contributed by atoms with Gasteiger partial charge in [0.1, 0.15) is 12.1 Å². The van der Waals surface area contributed by atoms with Gasteiger partial charge in [0.15, 0.2) is 5.65 Å². The number of hydrogen-bond acceptors (Lipinski definition) is 3. The molecule has 0 aliphatic carbocycles. The fourth-order valence-corrected chi connectivity index (χ4v) is 4.03. The maximum Gasteiger partial charge on any atom is 0.150 e. The molecule has 5 rings (SSSR count). The van der Waals surface area contributed by atoms with E-state index in [9.17, 15) is 0 Å². The molecule has 1 aliphatic rings. The second-order valence-corrected chi connectivity index (χ2v) is 7.21. The monoisotopic (exact) mass is 354 g/mol. The minimum absolute atomic E-state index is 0.969. The van der Waals surface area contributed by atoms with Crippen molar-refractivity contribution in [1.29, 1.82) is 0 Å². The molecule has 0 amide bonds. The molecule has 4 nitrogen and oxygen atoms in total. The number of aryl methyl sites for hydroxylation is 1. The largest absolute Gasteiger partial charge is 0.356 e. The molecule has 1 aliphatic heterocycles. The molecule has 27 heavy (non-hydrogen) atoms. The number of benzene rings is 2. The highest BCUT2D eigenvalue weighted by molar-refractivity contribution is 6.02. The summed E-state index contributed by atoms with van der Waals surface area (Å²) in [6.45, 7) is 4.25. The van der Waals surface area contributed by atoms with Crippen molar-refractivity contribution in [3.05, 3.63) is 72.7 Å². The predicted molar refractivity (Wildman–Crippen MR) is 110 cm³/mol. The van der Waals surface area contributed by atoms with E-state index in [1.807, 2.05) is 0 Å². The zero-order valence-corrected chi connectivity index (χ0v) is 15.5. The van der Waals surface area contributed by atoms with E-state index in [0.29, 0.717) is 0 Å². The lowest BCUT2D eigenvalue weighted by atomic mass is 10.1. The normalized spacial score (nSPS) is 14.2. The zero-order valence-electron chi connectivity index (χ0n) is 15.5. The van der Waals surface area contributed by atoms with Crippen molar-refractivity contribution in [1.82, 2.24) is 14.5 Å². The second-order valence-electron chi connectivity index (χ2n) is 7.21. The summed E-state index contributed by atoms with van der Waals surface area (Å²) < 4.78 is 2.20. The van der Waals surface area contributed by atoms with Gasteiger partial charge < -0.3 is 9.47 Å². The highest BCUT2D eigenvalue weighted by Crippen LogP contribution is 2.37. The molecule has 1 saturated heterocycles. The summed E-state index contributed by atoms with van der Waals surface area (Å²) in [5.41, 5.74) is 5.73. The lowest BCUT2D eigenvalue weighted by Crippen LogP contribution is -2.19. The molecular formula is C23H22N4. The molecule has 4 aromatic rings. The summed E-state index contributed by atoms with van der Waals surface area (Å²) in [4.78, 5) is 11.8. The van der Waals surface area contributed by atoms with Crippen molar-refractivity contribution in [3.63, 3.8) is 0 Å². The van der Waals surface area contributed by atoms with E-state index in [0.717, 1.165) is 35.6 Å². The van der Waals surface area contributed by atoms with Crippen LogP contribution in [0.25, 0.3) is 27.8 Å². The molecule has 2 aromatic heterocycles. The van der Waals surface area contributed by atoms with Gasteiger partial charge >= 0.3 is 0 Å². The van der Waals surface area contributed by atoms with E-state index < -0.39 is 0 Å². The molecular weight excluding hydrogens is 332 g/mol. The molecule has 1 fully saturated rings. The lowest BCUT2D eigenvalue weighted by molar-refractivity contribution is 0.937. The second kappa shape index (κ2) is 6.54. The zero-order chi connectivity index (χ0) is 18.2. The van der Waals surface area contributed by atoms with Gasteiger partial charge in [-0.25, -0.2) is 9.97 Å². The summed E-state index contributed by atoms with van der Waals surface area (Å²) in [6.07, 6.45) is 6.37. The third kappa shape index (κ3) is 2.78. The molecule has 134 valence electrons. The Morgan fingerprint density at radius 3 is 2.48 bits per heavy atom. The third-order valence-electron chi connectivity index (χ3n) is 5.33. The van der Waals surface area contributed by atoms with Crippen LogP contribution >= 0.6 is 0 Å². The number of anilines is 1. The first-order chi connectivity index (χ1) is 13.3. The molecule has 0 bridgehead atoms. The Bertz CT molecular complexity index is 1090. The number of hydrogen-bond donors (Lipinski definition) is 0. The van der Waals surface area contributed by atoms with Gasteiger partial charge in [-0.1, -0.05) is 42.5 Å². The van der Waals surface area contributed by atoms with Crippen molar-refractivity contribution >= 4 is 16.9 Å². The number of aromatic nitrogens is 3. The van der Waals surface area contributed by atoms with Gasteiger partial charge in [-0.2, -0.15) is 0 Å². The summed E-state index contributed by atoms with van der Waals surface area (Å²) in [5.74, 6) is 1.06. The first kappa shape index (κ1) is 16.1. The van der Waals surface area contributed by atoms with E-state index >= 15 is 0 Å². The highest BCUT2D eigenvalue weighted by atomic mass is 15.2. The molecule has 0 N–H and O–H groups in total. The van der Waals surface area contributed by atoms with Crippen LogP contribution in [-0.4, -0.2) is 27.6 Å². The maximum absolute atomic E-state index is 4.70. The van der Waals surface area contributed by atoms with Gasteiger partial charge in [0.25, 0.3) is 0 Å². The van der Waals surface area contributed by atoms with Crippen LogP contribution in [0.3, 0.4) is 0 Å². The van der Waals surface area contributed by atoms with E-state index in [1.165, 1.54) is 29.5 Å². The van der Waals surface area contributed by atoms with Crippen molar-refractivity contribution in [2.45, 2.75) is 19.8 Å². The first-order valence-electron chi connectivity index (χ1n) is 9.55. The Morgan fingerprint density at radius 2 is 1.70 bits per heavy atom. The van der Waals surface area contributed by atoms with Crippen LogP contribution in [0.15, 0.2) is 67.1 Å². The van der Waals surface area contributed by atoms with Gasteiger partial charge in [-0.3, -0.25) is 0 Å². The Kier molecular flexibility index (Phi) is 3.89. The van der Waals surface area contributed by atoms with Crippen molar-refractivity contribution in [3.8, 4) is 16.8 Å². The van der Waals surface area contributed by atoms with E-state index in [1.54, 1.807) is 6.33 Å². The Morgan fingerprint density at radius 1 is 0.889 bits per heavy atom. The van der Waals surface area contributed by atoms with E-state index in [2.05, 4.69) is 77.2 Å². The quantitative estimate of drug-likeness (QED) is 0.519. The van der Waals surface area contributed by atoms with Crippen LogP contribution in [-0.2, 0) is 0 Å². The molecule has 3 heterocycles. The number of nitrogens with zero attached hydrogens (tertiary/aromatic N) is 4. The number of fused-ring (bicyclic) bond motifs is 1. The van der Waals surface area contributed by atoms with Crippen LogP contribution in [0.1, 0.15) is 18.4 Å². The molecule has 0 saturated carbocycles. The maximum atomic E-state index is 4.70. The smallest absolute Gasteiger partial charge is 0.150 e. The fourth-order valence-electron chi connectivity index (χ4n) is 4.03. The van der Waals surface area contributed by atoms with Gasteiger partial charge in [0.05, 0.1) is 5.39 Å². The topological polar surface area (TPSA) is 34.0 Å². The molecule has 0 atom stereocenters. The molecule has 0 unspecified atom stereocenters. The Hall–Kier alpha value is -3.14.